The molecule has 186 valence electrons. The summed E-state index contributed by atoms with van der Waals surface area (Å²) in [6.45, 7) is 2.28. The molecule has 0 aliphatic carbocycles. The zero-order valence-electron chi connectivity index (χ0n) is 19.4. The molecular weight excluding hydrogens is 473 g/mol. The molecule has 1 aromatic heterocycles. The van der Waals surface area contributed by atoms with Gasteiger partial charge in [0.1, 0.15) is 17.6 Å². The fourth-order valence-corrected chi connectivity index (χ4v) is 4.60. The molecule has 10 heteroatoms. The van der Waals surface area contributed by atoms with Gasteiger partial charge in [-0.1, -0.05) is 25.1 Å². The molecule has 1 amide bonds. The van der Waals surface area contributed by atoms with Crippen molar-refractivity contribution in [2.75, 3.05) is 17.2 Å². The highest BCUT2D eigenvalue weighted by atomic mass is 19.4. The molecule has 7 nitrogen and oxygen atoms in total. The van der Waals surface area contributed by atoms with Crippen LogP contribution in [0.2, 0.25) is 0 Å². The van der Waals surface area contributed by atoms with Crippen molar-refractivity contribution >= 4 is 23.4 Å². The van der Waals surface area contributed by atoms with Crippen molar-refractivity contribution in [2.24, 2.45) is 0 Å². The lowest BCUT2D eigenvalue weighted by molar-refractivity contribution is -0.137. The number of benzene rings is 2. The van der Waals surface area contributed by atoms with Crippen LogP contribution in [0, 0.1) is 11.3 Å². The van der Waals surface area contributed by atoms with Crippen LogP contribution in [0.5, 0.6) is 0 Å². The van der Waals surface area contributed by atoms with E-state index in [2.05, 4.69) is 16.7 Å². The third kappa shape index (κ3) is 4.64. The second-order valence-electron chi connectivity index (χ2n) is 8.42. The Morgan fingerprint density at radius 3 is 2.64 bits per heavy atom. The number of carboxylic acid groups (broad SMARTS) is 1. The molecule has 1 aliphatic heterocycles. The number of nitrogens with one attached hydrogen (secondary N) is 2. The lowest BCUT2D eigenvalue weighted by atomic mass is 10.0. The van der Waals surface area contributed by atoms with Crippen LogP contribution in [0.4, 0.5) is 24.7 Å². The average Bonchev–Trinajstić information content (AvgIpc) is 3.16. The number of nitrogens with zero attached hydrogens (tertiary/aromatic N) is 2. The van der Waals surface area contributed by atoms with E-state index in [0.29, 0.717) is 47.6 Å². The number of anilines is 2. The van der Waals surface area contributed by atoms with Gasteiger partial charge in [0.2, 0.25) is 0 Å². The standard InChI is InChI=1S/C26H23F3N4O3/c1-2-17-19(25(35)36)8-4-10-21(17)32-24(34)22-20(13-30)18-9-5-11-31-23(18)33(22)14-15-6-3-7-16(12-15)26(27,28)29/h3-4,6-8,10,12,31H,2,5,9,11,14H2,1H3,(H,32,34)(H,35,36). The Labute approximate surface area is 205 Å². The predicted molar refractivity (Wildman–Crippen MR) is 127 cm³/mol. The minimum atomic E-state index is -4.52. The number of carbonyl (C=O) groups is 2. The van der Waals surface area contributed by atoms with Crippen molar-refractivity contribution in [3.63, 3.8) is 0 Å². The van der Waals surface area contributed by atoms with Crippen molar-refractivity contribution in [1.29, 1.82) is 5.26 Å². The first-order valence-corrected chi connectivity index (χ1v) is 11.4. The van der Waals surface area contributed by atoms with E-state index < -0.39 is 23.6 Å². The molecule has 4 rings (SSSR count). The van der Waals surface area contributed by atoms with Gasteiger partial charge >= 0.3 is 12.1 Å². The first-order chi connectivity index (χ1) is 17.2. The van der Waals surface area contributed by atoms with Crippen LogP contribution in [0.1, 0.15) is 62.0 Å². The maximum Gasteiger partial charge on any atom is 0.416 e. The second-order valence-corrected chi connectivity index (χ2v) is 8.42. The normalized spacial score (nSPS) is 12.9. The van der Waals surface area contributed by atoms with Crippen LogP contribution in [0.15, 0.2) is 42.5 Å². The molecule has 3 aromatic rings. The number of fused-ring (bicyclic) bond motifs is 1. The van der Waals surface area contributed by atoms with Gasteiger partial charge in [-0.15, -0.1) is 0 Å². The number of halogens is 3. The van der Waals surface area contributed by atoms with Gasteiger partial charge in [0, 0.05) is 24.3 Å². The Morgan fingerprint density at radius 1 is 1.22 bits per heavy atom. The number of aromatic nitrogens is 1. The van der Waals surface area contributed by atoms with Gasteiger partial charge in [-0.2, -0.15) is 18.4 Å². The molecule has 0 fully saturated rings. The molecular formula is C26H23F3N4O3. The number of aromatic carboxylic acids is 1. The summed E-state index contributed by atoms with van der Waals surface area (Å²) in [5.41, 5.74) is 1.08. The van der Waals surface area contributed by atoms with E-state index >= 15 is 0 Å². The Morgan fingerprint density at radius 2 is 1.97 bits per heavy atom. The summed E-state index contributed by atoms with van der Waals surface area (Å²) in [6, 6.07) is 11.5. The van der Waals surface area contributed by atoms with Crippen LogP contribution in [-0.2, 0) is 25.6 Å². The molecule has 0 atom stereocenters. The van der Waals surface area contributed by atoms with Crippen molar-refractivity contribution < 1.29 is 27.9 Å². The maximum absolute atomic E-state index is 13.6. The molecule has 2 heterocycles. The molecule has 0 spiro atoms. The van der Waals surface area contributed by atoms with Gasteiger partial charge in [-0.25, -0.2) is 4.79 Å². The van der Waals surface area contributed by atoms with Gasteiger partial charge in [0.25, 0.3) is 5.91 Å². The third-order valence-corrected chi connectivity index (χ3v) is 6.19. The Hall–Kier alpha value is -4.26. The smallest absolute Gasteiger partial charge is 0.416 e. The first-order valence-electron chi connectivity index (χ1n) is 11.4. The topological polar surface area (TPSA) is 107 Å². The number of rotatable bonds is 6. The van der Waals surface area contributed by atoms with Crippen molar-refractivity contribution in [3.05, 3.63) is 81.5 Å². The maximum atomic E-state index is 13.6. The Bertz CT molecular complexity index is 1390. The van der Waals surface area contributed by atoms with Crippen molar-refractivity contribution in [1.82, 2.24) is 4.57 Å². The van der Waals surface area contributed by atoms with Crippen LogP contribution < -0.4 is 10.6 Å². The van der Waals surface area contributed by atoms with Gasteiger partial charge in [0.05, 0.1) is 16.7 Å². The SMILES string of the molecule is CCc1c(NC(=O)c2c(C#N)c3c(n2Cc2cccc(C(F)(F)F)c2)NCCC3)cccc1C(=O)O. The number of nitriles is 1. The summed E-state index contributed by atoms with van der Waals surface area (Å²) in [7, 11) is 0. The average molecular weight is 496 g/mol. The van der Waals surface area contributed by atoms with Gasteiger partial charge in [0.15, 0.2) is 0 Å². The minimum absolute atomic E-state index is 0.0112. The van der Waals surface area contributed by atoms with E-state index in [4.69, 9.17) is 0 Å². The van der Waals surface area contributed by atoms with Crippen LogP contribution in [0.25, 0.3) is 0 Å². The van der Waals surface area contributed by atoms with Crippen molar-refractivity contribution in [2.45, 2.75) is 38.9 Å². The molecule has 0 saturated carbocycles. The van der Waals surface area contributed by atoms with E-state index in [9.17, 15) is 33.1 Å². The number of carboxylic acids is 1. The molecule has 0 saturated heterocycles. The molecule has 0 unspecified atom stereocenters. The van der Waals surface area contributed by atoms with Crippen LogP contribution in [0.3, 0.4) is 0 Å². The second kappa shape index (κ2) is 9.77. The summed E-state index contributed by atoms with van der Waals surface area (Å²) in [4.78, 5) is 25.2. The monoisotopic (exact) mass is 496 g/mol. The fraction of sp³-hybridized carbons (Fsp3) is 0.269. The number of carbonyl (C=O) groups excluding carboxylic acids is 1. The van der Waals surface area contributed by atoms with Crippen molar-refractivity contribution in [3.8, 4) is 6.07 Å². The number of hydrogen-bond acceptors (Lipinski definition) is 4. The Balaban J connectivity index is 1.81. The highest BCUT2D eigenvalue weighted by Gasteiger charge is 2.32. The predicted octanol–water partition coefficient (Wildman–Crippen LogP) is 5.30. The lowest BCUT2D eigenvalue weighted by Gasteiger charge is -2.19. The summed E-state index contributed by atoms with van der Waals surface area (Å²) in [5.74, 6) is -1.25. The zero-order chi connectivity index (χ0) is 26.0. The lowest BCUT2D eigenvalue weighted by Crippen LogP contribution is -2.21. The number of hydrogen-bond donors (Lipinski definition) is 3. The zero-order valence-corrected chi connectivity index (χ0v) is 19.4. The first kappa shape index (κ1) is 24.9. The van der Waals surface area contributed by atoms with E-state index in [1.807, 2.05) is 0 Å². The molecule has 1 aliphatic rings. The summed E-state index contributed by atoms with van der Waals surface area (Å²) >= 11 is 0. The molecule has 36 heavy (non-hydrogen) atoms. The molecule has 0 bridgehead atoms. The summed E-state index contributed by atoms with van der Waals surface area (Å²) in [5, 5.41) is 25.4. The van der Waals surface area contributed by atoms with Crippen LogP contribution in [-0.4, -0.2) is 28.1 Å². The Kier molecular flexibility index (Phi) is 6.75. The summed E-state index contributed by atoms with van der Waals surface area (Å²) < 4.78 is 41.4. The van der Waals surface area contributed by atoms with Crippen LogP contribution >= 0.6 is 0 Å². The number of alkyl halides is 3. The van der Waals surface area contributed by atoms with E-state index in [0.717, 1.165) is 18.6 Å². The van der Waals surface area contributed by atoms with E-state index in [1.165, 1.54) is 28.8 Å². The van der Waals surface area contributed by atoms with Gasteiger partial charge < -0.3 is 20.3 Å². The number of amides is 1. The molecule has 3 N–H and O–H groups in total. The van der Waals surface area contributed by atoms with Gasteiger partial charge in [-0.05, 0) is 54.7 Å². The third-order valence-electron chi connectivity index (χ3n) is 6.19. The highest BCUT2D eigenvalue weighted by molar-refractivity contribution is 6.07. The van der Waals surface area contributed by atoms with E-state index in [1.54, 1.807) is 13.0 Å². The minimum Gasteiger partial charge on any atom is -0.478 e. The van der Waals surface area contributed by atoms with Gasteiger partial charge in [-0.3, -0.25) is 4.79 Å². The van der Waals surface area contributed by atoms with E-state index in [-0.39, 0.29) is 23.4 Å². The largest absolute Gasteiger partial charge is 0.478 e. The molecule has 2 aromatic carbocycles. The fourth-order valence-electron chi connectivity index (χ4n) is 4.60. The highest BCUT2D eigenvalue weighted by Crippen LogP contribution is 2.34. The summed E-state index contributed by atoms with van der Waals surface area (Å²) in [6.07, 6.45) is -2.91. The quantitative estimate of drug-likeness (QED) is 0.430. The molecule has 0 radical (unpaired) electrons.